The first-order valence-electron chi connectivity index (χ1n) is 5.79. The van der Waals surface area contributed by atoms with Gasteiger partial charge in [-0.2, -0.15) is 5.26 Å². The summed E-state index contributed by atoms with van der Waals surface area (Å²) in [5, 5.41) is 20.8. The number of rotatable bonds is 4. The number of nitrogens with one attached hydrogen (secondary N) is 2. The zero-order valence-corrected chi connectivity index (χ0v) is 10.1. The number of nitrogens with zero attached hydrogens (tertiary/aromatic N) is 1. The highest BCUT2D eigenvalue weighted by Gasteiger charge is 2.15. The fourth-order valence-corrected chi connectivity index (χ4v) is 1.75. The molecule has 1 atom stereocenters. The number of carbonyl (C=O) groups excluding carboxylic acids is 1. The number of nitriles is 1. The van der Waals surface area contributed by atoms with Gasteiger partial charge in [0.15, 0.2) is 0 Å². The van der Waals surface area contributed by atoms with E-state index in [0.29, 0.717) is 11.3 Å². The molecule has 0 saturated heterocycles. The molecule has 19 heavy (non-hydrogen) atoms. The zero-order chi connectivity index (χ0) is 13.7. The second-order valence-corrected chi connectivity index (χ2v) is 4.03. The normalized spacial score (nSPS) is 11.6. The van der Waals surface area contributed by atoms with Gasteiger partial charge in [-0.25, -0.2) is 0 Å². The van der Waals surface area contributed by atoms with Crippen LogP contribution in [0.1, 0.15) is 27.7 Å². The van der Waals surface area contributed by atoms with Crippen LogP contribution in [0.2, 0.25) is 0 Å². The third-order valence-corrected chi connectivity index (χ3v) is 2.76. The van der Waals surface area contributed by atoms with Gasteiger partial charge in [0, 0.05) is 6.20 Å². The van der Waals surface area contributed by atoms with Gasteiger partial charge in [0.05, 0.1) is 18.2 Å². The van der Waals surface area contributed by atoms with Crippen LogP contribution in [0.15, 0.2) is 42.6 Å². The molecule has 1 amide bonds. The van der Waals surface area contributed by atoms with Gasteiger partial charge in [0.25, 0.3) is 5.91 Å². The maximum absolute atomic E-state index is 12.0. The number of hydrogen-bond donors (Lipinski definition) is 3. The van der Waals surface area contributed by atoms with Crippen LogP contribution in [-0.2, 0) is 0 Å². The minimum Gasteiger partial charge on any atom is -0.394 e. The average Bonchev–Trinajstić information content (AvgIpc) is 2.94. The Bertz CT molecular complexity index is 599. The Morgan fingerprint density at radius 1 is 1.42 bits per heavy atom. The van der Waals surface area contributed by atoms with E-state index in [-0.39, 0.29) is 12.5 Å². The van der Waals surface area contributed by atoms with Crippen molar-refractivity contribution >= 4 is 5.91 Å². The average molecular weight is 255 g/mol. The van der Waals surface area contributed by atoms with Crippen molar-refractivity contribution in [1.82, 2.24) is 10.3 Å². The topological polar surface area (TPSA) is 88.9 Å². The standard InChI is InChI=1S/C14H13N3O2/c15-7-12-6-11(8-16-12)14(19)17-13(9-18)10-4-2-1-3-5-10/h1-6,8,13,16,18H,9H2,(H,17,19)/t13-/m1/s1. The molecule has 2 aromatic rings. The van der Waals surface area contributed by atoms with Gasteiger partial charge in [-0.3, -0.25) is 4.79 Å². The number of carbonyl (C=O) groups is 1. The van der Waals surface area contributed by atoms with Gasteiger partial charge < -0.3 is 15.4 Å². The number of amides is 1. The highest BCUT2D eigenvalue weighted by molar-refractivity contribution is 5.94. The van der Waals surface area contributed by atoms with Crippen molar-refractivity contribution in [3.63, 3.8) is 0 Å². The van der Waals surface area contributed by atoms with E-state index in [2.05, 4.69) is 10.3 Å². The van der Waals surface area contributed by atoms with Gasteiger partial charge in [-0.1, -0.05) is 30.3 Å². The molecular formula is C14H13N3O2. The third-order valence-electron chi connectivity index (χ3n) is 2.76. The quantitative estimate of drug-likeness (QED) is 0.770. The molecule has 1 aromatic heterocycles. The van der Waals surface area contributed by atoms with Crippen LogP contribution in [0.25, 0.3) is 0 Å². The fraction of sp³-hybridized carbons (Fsp3) is 0.143. The SMILES string of the molecule is N#Cc1cc(C(=O)N[C@H](CO)c2ccccc2)c[nH]1. The van der Waals surface area contributed by atoms with E-state index in [0.717, 1.165) is 5.56 Å². The molecule has 0 radical (unpaired) electrons. The lowest BCUT2D eigenvalue weighted by atomic mass is 10.1. The Hall–Kier alpha value is -2.58. The second-order valence-electron chi connectivity index (χ2n) is 4.03. The number of aromatic amines is 1. The molecule has 1 aromatic carbocycles. The Morgan fingerprint density at radius 2 is 2.16 bits per heavy atom. The third kappa shape index (κ3) is 3.00. The maximum atomic E-state index is 12.0. The summed E-state index contributed by atoms with van der Waals surface area (Å²) in [6, 6.07) is 12.1. The van der Waals surface area contributed by atoms with Crippen LogP contribution < -0.4 is 5.32 Å². The van der Waals surface area contributed by atoms with E-state index in [1.165, 1.54) is 12.3 Å². The zero-order valence-electron chi connectivity index (χ0n) is 10.1. The summed E-state index contributed by atoms with van der Waals surface area (Å²) in [5.74, 6) is -0.333. The van der Waals surface area contributed by atoms with E-state index < -0.39 is 6.04 Å². The largest absolute Gasteiger partial charge is 0.394 e. The molecule has 96 valence electrons. The number of aliphatic hydroxyl groups excluding tert-OH is 1. The summed E-state index contributed by atoms with van der Waals surface area (Å²) in [6.45, 7) is -0.189. The van der Waals surface area contributed by atoms with Gasteiger partial charge >= 0.3 is 0 Å². The van der Waals surface area contributed by atoms with Crippen LogP contribution in [-0.4, -0.2) is 22.6 Å². The van der Waals surface area contributed by atoms with Crippen molar-refractivity contribution in [3.05, 3.63) is 59.4 Å². The van der Waals surface area contributed by atoms with Gasteiger partial charge in [0.1, 0.15) is 11.8 Å². The molecule has 1 heterocycles. The highest BCUT2D eigenvalue weighted by Crippen LogP contribution is 2.13. The van der Waals surface area contributed by atoms with E-state index in [1.54, 1.807) is 0 Å². The van der Waals surface area contributed by atoms with Crippen LogP contribution in [0, 0.1) is 11.3 Å². The molecule has 0 unspecified atom stereocenters. The lowest BCUT2D eigenvalue weighted by Crippen LogP contribution is -2.30. The molecule has 0 spiro atoms. The summed E-state index contributed by atoms with van der Waals surface area (Å²) in [6.07, 6.45) is 1.47. The molecule has 0 fully saturated rings. The Kier molecular flexibility index (Phi) is 3.96. The van der Waals surface area contributed by atoms with Crippen molar-refractivity contribution in [2.45, 2.75) is 6.04 Å². The van der Waals surface area contributed by atoms with Crippen LogP contribution >= 0.6 is 0 Å². The van der Waals surface area contributed by atoms with E-state index in [1.807, 2.05) is 36.4 Å². The minimum absolute atomic E-state index is 0.189. The number of aromatic nitrogens is 1. The number of H-pyrrole nitrogens is 1. The number of aliphatic hydroxyl groups is 1. The minimum atomic E-state index is -0.464. The highest BCUT2D eigenvalue weighted by atomic mass is 16.3. The molecule has 3 N–H and O–H groups in total. The van der Waals surface area contributed by atoms with Crippen LogP contribution in [0.4, 0.5) is 0 Å². The fourth-order valence-electron chi connectivity index (χ4n) is 1.75. The first-order chi connectivity index (χ1) is 9.24. The summed E-state index contributed by atoms with van der Waals surface area (Å²) in [7, 11) is 0. The molecule has 0 saturated carbocycles. The molecule has 0 bridgehead atoms. The summed E-state index contributed by atoms with van der Waals surface area (Å²) < 4.78 is 0. The van der Waals surface area contributed by atoms with E-state index >= 15 is 0 Å². The van der Waals surface area contributed by atoms with Gasteiger partial charge in [0.2, 0.25) is 0 Å². The van der Waals surface area contributed by atoms with Gasteiger partial charge in [-0.05, 0) is 11.6 Å². The molecule has 5 nitrogen and oxygen atoms in total. The lowest BCUT2D eigenvalue weighted by molar-refractivity contribution is 0.0916. The molecule has 0 aliphatic carbocycles. The van der Waals surface area contributed by atoms with Crippen molar-refractivity contribution in [3.8, 4) is 6.07 Å². The van der Waals surface area contributed by atoms with Crippen molar-refractivity contribution < 1.29 is 9.90 Å². The van der Waals surface area contributed by atoms with E-state index in [4.69, 9.17) is 5.26 Å². The van der Waals surface area contributed by atoms with E-state index in [9.17, 15) is 9.90 Å². The first kappa shape index (κ1) is 12.9. The molecule has 2 rings (SSSR count). The summed E-state index contributed by atoms with van der Waals surface area (Å²) >= 11 is 0. The number of benzene rings is 1. The molecular weight excluding hydrogens is 242 g/mol. The van der Waals surface area contributed by atoms with Crippen molar-refractivity contribution in [2.24, 2.45) is 0 Å². The maximum Gasteiger partial charge on any atom is 0.253 e. The Morgan fingerprint density at radius 3 is 2.74 bits per heavy atom. The van der Waals surface area contributed by atoms with Crippen molar-refractivity contribution in [2.75, 3.05) is 6.61 Å². The Labute approximate surface area is 110 Å². The second kappa shape index (κ2) is 5.85. The monoisotopic (exact) mass is 255 g/mol. The summed E-state index contributed by atoms with van der Waals surface area (Å²) in [4.78, 5) is 14.6. The predicted octanol–water partition coefficient (Wildman–Crippen LogP) is 1.35. The summed E-state index contributed by atoms with van der Waals surface area (Å²) in [5.41, 5.74) is 1.52. The lowest BCUT2D eigenvalue weighted by Gasteiger charge is -2.16. The predicted molar refractivity (Wildman–Crippen MR) is 69.2 cm³/mol. The molecule has 0 aliphatic heterocycles. The van der Waals surface area contributed by atoms with Gasteiger partial charge in [-0.15, -0.1) is 0 Å². The van der Waals surface area contributed by atoms with Crippen molar-refractivity contribution in [1.29, 1.82) is 5.26 Å². The molecule has 5 heteroatoms. The van der Waals surface area contributed by atoms with Crippen LogP contribution in [0.3, 0.4) is 0 Å². The number of hydrogen-bond acceptors (Lipinski definition) is 3. The molecule has 0 aliphatic rings. The smallest absolute Gasteiger partial charge is 0.253 e. The Balaban J connectivity index is 2.11. The van der Waals surface area contributed by atoms with Crippen LogP contribution in [0.5, 0.6) is 0 Å². The first-order valence-corrected chi connectivity index (χ1v) is 5.79.